The Hall–Kier alpha value is -0.870. The van der Waals surface area contributed by atoms with E-state index in [1.807, 2.05) is 24.7 Å². The van der Waals surface area contributed by atoms with Gasteiger partial charge in [0.25, 0.3) is 0 Å². The van der Waals surface area contributed by atoms with Crippen molar-refractivity contribution in [2.75, 3.05) is 20.1 Å². The van der Waals surface area contributed by atoms with E-state index in [0.717, 1.165) is 5.69 Å². The molecule has 3 N–H and O–H groups in total. The van der Waals surface area contributed by atoms with Crippen molar-refractivity contribution in [3.63, 3.8) is 0 Å². The Labute approximate surface area is 92.9 Å². The molecule has 0 atom stereocenters. The smallest absolute Gasteiger partial charge is 0.0946 e. The first-order chi connectivity index (χ1) is 7.29. The Kier molecular flexibility index (Phi) is 9.11. The Morgan fingerprint density at radius 2 is 1.87 bits per heavy atom. The highest BCUT2D eigenvalue weighted by atomic mass is 15.0. The fourth-order valence-corrected chi connectivity index (χ4v) is 1.35. The number of rotatable bonds is 0. The van der Waals surface area contributed by atoms with E-state index < -0.39 is 0 Å². The van der Waals surface area contributed by atoms with E-state index in [0.29, 0.717) is 0 Å². The first kappa shape index (κ1) is 14.1. The van der Waals surface area contributed by atoms with E-state index >= 15 is 0 Å². The fraction of sp³-hybridized carbons (Fsp3) is 0.727. The van der Waals surface area contributed by atoms with E-state index in [4.69, 9.17) is 0 Å². The largest absolute Gasteiger partial charge is 0.340 e. The van der Waals surface area contributed by atoms with E-state index in [2.05, 4.69) is 16.0 Å². The molecule has 0 saturated carbocycles. The van der Waals surface area contributed by atoms with Crippen molar-refractivity contribution in [3.05, 3.63) is 18.2 Å². The predicted octanol–water partition coefficient (Wildman–Crippen LogP) is 1.06. The monoisotopic (exact) mass is 212 g/mol. The van der Waals surface area contributed by atoms with Gasteiger partial charge in [0.15, 0.2) is 0 Å². The van der Waals surface area contributed by atoms with Crippen LogP contribution in [0.25, 0.3) is 0 Å². The molecule has 1 aliphatic heterocycles. The van der Waals surface area contributed by atoms with Crippen LogP contribution in [0.5, 0.6) is 0 Å². The zero-order chi connectivity index (χ0) is 11.5. The minimum absolute atomic E-state index is 1.07. The number of piperidine rings is 1. The molecule has 1 aromatic rings. The van der Waals surface area contributed by atoms with Gasteiger partial charge in [0.1, 0.15) is 0 Å². The van der Waals surface area contributed by atoms with Crippen LogP contribution in [0.3, 0.4) is 0 Å². The standard InChI is InChI=1S/C5H8N2.C5H11N.CH5N/c1-5-3-7(2)4-6-5;1-2-4-6-5-3-1;1-2/h3-4H,1-2H3;6H,1-5H2;2H2,1H3. The average molecular weight is 212 g/mol. The lowest BCUT2D eigenvalue weighted by Crippen LogP contribution is -2.21. The van der Waals surface area contributed by atoms with Gasteiger partial charge in [-0.1, -0.05) is 6.42 Å². The molecule has 1 aromatic heterocycles. The molecule has 4 heteroatoms. The molecule has 4 nitrogen and oxygen atoms in total. The number of aryl methyl sites for hydroxylation is 2. The Bertz CT molecular complexity index is 200. The third kappa shape index (κ3) is 8.15. The van der Waals surface area contributed by atoms with Gasteiger partial charge in [0.05, 0.1) is 12.0 Å². The van der Waals surface area contributed by atoms with Gasteiger partial charge in [0.2, 0.25) is 0 Å². The van der Waals surface area contributed by atoms with Crippen LogP contribution in [0.15, 0.2) is 12.5 Å². The van der Waals surface area contributed by atoms with Crippen molar-refractivity contribution in [2.24, 2.45) is 12.8 Å². The maximum Gasteiger partial charge on any atom is 0.0946 e. The molecular formula is C11H24N4. The Balaban J connectivity index is 0.000000227. The molecule has 0 aliphatic carbocycles. The molecule has 88 valence electrons. The summed E-state index contributed by atoms with van der Waals surface area (Å²) >= 11 is 0. The van der Waals surface area contributed by atoms with Crippen LogP contribution in [0, 0.1) is 6.92 Å². The van der Waals surface area contributed by atoms with Crippen molar-refractivity contribution in [1.82, 2.24) is 14.9 Å². The lowest BCUT2D eigenvalue weighted by molar-refractivity contribution is 0.520. The Morgan fingerprint density at radius 3 is 2.00 bits per heavy atom. The van der Waals surface area contributed by atoms with Gasteiger partial charge >= 0.3 is 0 Å². The van der Waals surface area contributed by atoms with E-state index in [1.54, 1.807) is 6.33 Å². The van der Waals surface area contributed by atoms with Crippen molar-refractivity contribution in [1.29, 1.82) is 0 Å². The summed E-state index contributed by atoms with van der Waals surface area (Å²) in [5.74, 6) is 0. The van der Waals surface area contributed by atoms with Crippen LogP contribution in [0.1, 0.15) is 25.0 Å². The van der Waals surface area contributed by atoms with Crippen molar-refractivity contribution in [3.8, 4) is 0 Å². The summed E-state index contributed by atoms with van der Waals surface area (Å²) in [5, 5.41) is 3.28. The van der Waals surface area contributed by atoms with E-state index in [1.165, 1.54) is 39.4 Å². The molecule has 0 bridgehead atoms. The third-order valence-corrected chi connectivity index (χ3v) is 2.04. The number of imidazole rings is 1. The second-order valence-corrected chi connectivity index (χ2v) is 3.49. The molecule has 15 heavy (non-hydrogen) atoms. The van der Waals surface area contributed by atoms with Gasteiger partial charge < -0.3 is 15.6 Å². The highest BCUT2D eigenvalue weighted by Crippen LogP contribution is 1.96. The number of nitrogens with one attached hydrogen (secondary N) is 1. The molecule has 0 aromatic carbocycles. The molecule has 0 spiro atoms. The minimum Gasteiger partial charge on any atom is -0.340 e. The molecule has 1 fully saturated rings. The summed E-state index contributed by atoms with van der Waals surface area (Å²) in [4.78, 5) is 3.98. The van der Waals surface area contributed by atoms with Gasteiger partial charge in [-0.05, 0) is 39.9 Å². The summed E-state index contributed by atoms with van der Waals surface area (Å²) in [6, 6.07) is 0. The minimum atomic E-state index is 1.07. The van der Waals surface area contributed by atoms with Gasteiger partial charge in [-0.15, -0.1) is 0 Å². The van der Waals surface area contributed by atoms with E-state index in [9.17, 15) is 0 Å². The third-order valence-electron chi connectivity index (χ3n) is 2.04. The number of hydrogen-bond donors (Lipinski definition) is 2. The van der Waals surface area contributed by atoms with Gasteiger partial charge in [-0.2, -0.15) is 0 Å². The van der Waals surface area contributed by atoms with Crippen molar-refractivity contribution >= 4 is 0 Å². The summed E-state index contributed by atoms with van der Waals surface area (Å²) in [7, 11) is 3.46. The highest BCUT2D eigenvalue weighted by Gasteiger charge is 1.93. The average Bonchev–Trinajstić information content (AvgIpc) is 2.69. The second kappa shape index (κ2) is 9.68. The highest BCUT2D eigenvalue weighted by molar-refractivity contribution is 4.90. The fourth-order valence-electron chi connectivity index (χ4n) is 1.35. The number of nitrogens with two attached hydrogens (primary N) is 1. The zero-order valence-corrected chi connectivity index (χ0v) is 10.2. The molecule has 1 saturated heterocycles. The van der Waals surface area contributed by atoms with Crippen LogP contribution < -0.4 is 11.1 Å². The molecule has 0 radical (unpaired) electrons. The lowest BCUT2D eigenvalue weighted by Gasteiger charge is -2.08. The van der Waals surface area contributed by atoms with Gasteiger partial charge in [0, 0.05) is 13.2 Å². The normalized spacial score (nSPS) is 14.4. The summed E-state index contributed by atoms with van der Waals surface area (Å²) in [6.07, 6.45) is 7.97. The first-order valence-corrected chi connectivity index (χ1v) is 5.52. The topological polar surface area (TPSA) is 55.9 Å². The van der Waals surface area contributed by atoms with Crippen molar-refractivity contribution < 1.29 is 0 Å². The Morgan fingerprint density at radius 1 is 1.27 bits per heavy atom. The molecule has 1 aliphatic rings. The lowest BCUT2D eigenvalue weighted by atomic mass is 10.2. The molecule has 0 amide bonds. The summed E-state index contributed by atoms with van der Waals surface area (Å²) in [6.45, 7) is 4.47. The van der Waals surface area contributed by atoms with Crippen LogP contribution in [0.2, 0.25) is 0 Å². The van der Waals surface area contributed by atoms with Gasteiger partial charge in [-0.3, -0.25) is 0 Å². The first-order valence-electron chi connectivity index (χ1n) is 5.52. The maximum atomic E-state index is 4.50. The quantitative estimate of drug-likeness (QED) is 0.676. The molecule has 2 heterocycles. The van der Waals surface area contributed by atoms with Gasteiger partial charge in [-0.25, -0.2) is 4.98 Å². The molecule has 0 unspecified atom stereocenters. The van der Waals surface area contributed by atoms with E-state index in [-0.39, 0.29) is 0 Å². The molecular weight excluding hydrogens is 188 g/mol. The SMILES string of the molecule is C1CCNCC1.CN.Cc1cn(C)cn1. The van der Waals surface area contributed by atoms with Crippen molar-refractivity contribution in [2.45, 2.75) is 26.2 Å². The number of aromatic nitrogens is 2. The van der Waals surface area contributed by atoms with Crippen LogP contribution >= 0.6 is 0 Å². The predicted molar refractivity (Wildman–Crippen MR) is 64.8 cm³/mol. The summed E-state index contributed by atoms with van der Waals surface area (Å²) in [5.41, 5.74) is 5.57. The number of hydrogen-bond acceptors (Lipinski definition) is 3. The number of nitrogens with zero attached hydrogens (tertiary/aromatic N) is 2. The molecule has 2 rings (SSSR count). The maximum absolute atomic E-state index is 4.50. The zero-order valence-electron chi connectivity index (χ0n) is 10.2. The summed E-state index contributed by atoms with van der Waals surface area (Å²) < 4.78 is 1.93. The second-order valence-electron chi connectivity index (χ2n) is 3.49. The van der Waals surface area contributed by atoms with Crippen LogP contribution in [-0.2, 0) is 7.05 Å². The van der Waals surface area contributed by atoms with Crippen LogP contribution in [-0.4, -0.2) is 29.7 Å². The van der Waals surface area contributed by atoms with Crippen LogP contribution in [0.4, 0.5) is 0 Å².